The van der Waals surface area contributed by atoms with Gasteiger partial charge in [-0.05, 0) is 81.9 Å². The van der Waals surface area contributed by atoms with Gasteiger partial charge in [-0.25, -0.2) is 0 Å². The molecular formula is C26H42O2. The van der Waals surface area contributed by atoms with Crippen LogP contribution in [0.1, 0.15) is 104 Å². The Kier molecular flexibility index (Phi) is 7.48. The lowest BCUT2D eigenvalue weighted by atomic mass is 9.60. The Bertz CT molecular complexity index is 571. The number of hydrogen-bond donors (Lipinski definition) is 0. The molecule has 158 valence electrons. The average Bonchev–Trinajstić information content (AvgIpc) is 2.69. The zero-order valence-corrected chi connectivity index (χ0v) is 18.8. The van der Waals surface area contributed by atoms with E-state index in [9.17, 15) is 0 Å². The highest BCUT2D eigenvalue weighted by molar-refractivity contribution is 5.27. The predicted molar refractivity (Wildman–Crippen MR) is 118 cm³/mol. The number of rotatable bonds is 7. The van der Waals surface area contributed by atoms with Gasteiger partial charge in [-0.2, -0.15) is 0 Å². The van der Waals surface area contributed by atoms with Crippen LogP contribution in [0.5, 0.6) is 5.75 Å². The van der Waals surface area contributed by atoms with Gasteiger partial charge in [-0.3, -0.25) is 0 Å². The SMILES string of the molecule is CCc1ccc(OC(CC2(C3CCCCC3)CCCCC2)OC(C)(C)C)cc1. The first-order valence-corrected chi connectivity index (χ1v) is 11.8. The molecule has 1 aromatic carbocycles. The molecule has 0 amide bonds. The zero-order valence-electron chi connectivity index (χ0n) is 18.8. The molecule has 0 aliphatic heterocycles. The molecule has 1 aromatic rings. The standard InChI is InChI=1S/C26H42O2/c1-5-21-14-16-23(17-15-21)27-24(28-25(2,3)4)20-26(18-10-7-11-19-26)22-12-8-6-9-13-22/h14-17,22,24H,5-13,18-20H2,1-4H3. The third-order valence-corrected chi connectivity index (χ3v) is 6.98. The molecule has 0 heterocycles. The molecule has 0 spiro atoms. The van der Waals surface area contributed by atoms with Gasteiger partial charge in [0.25, 0.3) is 0 Å². The number of ether oxygens (including phenoxy) is 2. The first kappa shape index (κ1) is 21.7. The van der Waals surface area contributed by atoms with Gasteiger partial charge in [0.1, 0.15) is 5.75 Å². The Hall–Kier alpha value is -1.02. The normalized spacial score (nSPS) is 22.0. The molecule has 0 bridgehead atoms. The molecule has 1 atom stereocenters. The monoisotopic (exact) mass is 386 g/mol. The molecule has 0 N–H and O–H groups in total. The van der Waals surface area contributed by atoms with Gasteiger partial charge >= 0.3 is 0 Å². The topological polar surface area (TPSA) is 18.5 Å². The lowest BCUT2D eigenvalue weighted by Crippen LogP contribution is -2.42. The van der Waals surface area contributed by atoms with Crippen LogP contribution in [0.2, 0.25) is 0 Å². The van der Waals surface area contributed by atoms with Crippen LogP contribution in [-0.2, 0) is 11.2 Å². The Balaban J connectivity index is 1.78. The number of hydrogen-bond acceptors (Lipinski definition) is 2. The van der Waals surface area contributed by atoms with Crippen LogP contribution in [0.3, 0.4) is 0 Å². The number of aryl methyl sites for hydroxylation is 1. The van der Waals surface area contributed by atoms with Crippen LogP contribution >= 0.6 is 0 Å². The summed E-state index contributed by atoms with van der Waals surface area (Å²) >= 11 is 0. The summed E-state index contributed by atoms with van der Waals surface area (Å²) in [7, 11) is 0. The molecular weight excluding hydrogens is 344 g/mol. The second-order valence-corrected chi connectivity index (χ2v) is 10.2. The van der Waals surface area contributed by atoms with Crippen molar-refractivity contribution in [3.05, 3.63) is 29.8 Å². The van der Waals surface area contributed by atoms with Gasteiger partial charge in [0.2, 0.25) is 6.29 Å². The number of benzene rings is 1. The van der Waals surface area contributed by atoms with Crippen molar-refractivity contribution in [1.82, 2.24) is 0 Å². The van der Waals surface area contributed by atoms with Crippen molar-refractivity contribution < 1.29 is 9.47 Å². The molecule has 2 nitrogen and oxygen atoms in total. The summed E-state index contributed by atoms with van der Waals surface area (Å²) in [5.74, 6) is 1.81. The fourth-order valence-corrected chi connectivity index (χ4v) is 5.54. The summed E-state index contributed by atoms with van der Waals surface area (Å²) in [6, 6.07) is 8.60. The predicted octanol–water partition coefficient (Wildman–Crippen LogP) is 7.69. The fraction of sp³-hybridized carbons (Fsp3) is 0.769. The lowest BCUT2D eigenvalue weighted by molar-refractivity contribution is -0.176. The van der Waals surface area contributed by atoms with Crippen LogP contribution in [-0.4, -0.2) is 11.9 Å². The van der Waals surface area contributed by atoms with Crippen LogP contribution < -0.4 is 4.74 Å². The zero-order chi connectivity index (χ0) is 20.0. The highest BCUT2D eigenvalue weighted by Gasteiger charge is 2.43. The summed E-state index contributed by atoms with van der Waals surface area (Å²) < 4.78 is 13.0. The van der Waals surface area contributed by atoms with E-state index in [1.54, 1.807) is 0 Å². The molecule has 0 saturated heterocycles. The van der Waals surface area contributed by atoms with E-state index in [1.165, 1.54) is 69.8 Å². The third kappa shape index (κ3) is 5.99. The van der Waals surface area contributed by atoms with Crippen molar-refractivity contribution in [2.45, 2.75) is 117 Å². The third-order valence-electron chi connectivity index (χ3n) is 6.98. The van der Waals surface area contributed by atoms with Crippen molar-refractivity contribution in [3.63, 3.8) is 0 Å². The molecule has 2 heteroatoms. The largest absolute Gasteiger partial charge is 0.465 e. The van der Waals surface area contributed by atoms with E-state index in [0.717, 1.165) is 24.5 Å². The van der Waals surface area contributed by atoms with Gasteiger partial charge in [-0.1, -0.05) is 57.6 Å². The van der Waals surface area contributed by atoms with Crippen LogP contribution in [0.15, 0.2) is 24.3 Å². The van der Waals surface area contributed by atoms with E-state index < -0.39 is 0 Å². The van der Waals surface area contributed by atoms with Crippen molar-refractivity contribution in [3.8, 4) is 5.75 Å². The first-order valence-electron chi connectivity index (χ1n) is 11.8. The molecule has 1 unspecified atom stereocenters. The van der Waals surface area contributed by atoms with E-state index in [4.69, 9.17) is 9.47 Å². The molecule has 2 aliphatic rings. The highest BCUT2D eigenvalue weighted by Crippen LogP contribution is 2.51. The fourth-order valence-electron chi connectivity index (χ4n) is 5.54. The second kappa shape index (κ2) is 9.65. The Morgan fingerprint density at radius 3 is 2.11 bits per heavy atom. The maximum Gasteiger partial charge on any atom is 0.200 e. The average molecular weight is 387 g/mol. The molecule has 2 fully saturated rings. The van der Waals surface area contributed by atoms with Crippen LogP contribution in [0.25, 0.3) is 0 Å². The van der Waals surface area contributed by atoms with Gasteiger partial charge in [0.15, 0.2) is 0 Å². The van der Waals surface area contributed by atoms with E-state index in [-0.39, 0.29) is 11.9 Å². The summed E-state index contributed by atoms with van der Waals surface area (Å²) in [6.45, 7) is 8.64. The maximum absolute atomic E-state index is 6.49. The second-order valence-electron chi connectivity index (χ2n) is 10.2. The van der Waals surface area contributed by atoms with Gasteiger partial charge in [0.05, 0.1) is 5.60 Å². The quantitative estimate of drug-likeness (QED) is 0.447. The van der Waals surface area contributed by atoms with E-state index in [1.807, 2.05) is 0 Å². The minimum atomic E-state index is -0.198. The molecule has 2 aliphatic carbocycles. The molecule has 0 aromatic heterocycles. The summed E-state index contributed by atoms with van der Waals surface area (Å²) in [5, 5.41) is 0. The Morgan fingerprint density at radius 1 is 0.929 bits per heavy atom. The van der Waals surface area contributed by atoms with Crippen molar-refractivity contribution in [2.24, 2.45) is 11.3 Å². The lowest BCUT2D eigenvalue weighted by Gasteiger charge is -2.47. The maximum atomic E-state index is 6.49. The van der Waals surface area contributed by atoms with Crippen molar-refractivity contribution >= 4 is 0 Å². The van der Waals surface area contributed by atoms with E-state index in [2.05, 4.69) is 52.0 Å². The van der Waals surface area contributed by atoms with E-state index in [0.29, 0.717) is 5.41 Å². The van der Waals surface area contributed by atoms with Gasteiger partial charge in [0, 0.05) is 6.42 Å². The molecule has 3 rings (SSSR count). The van der Waals surface area contributed by atoms with E-state index >= 15 is 0 Å². The van der Waals surface area contributed by atoms with Gasteiger partial charge in [-0.15, -0.1) is 0 Å². The molecule has 2 saturated carbocycles. The highest BCUT2D eigenvalue weighted by atomic mass is 16.7. The van der Waals surface area contributed by atoms with Crippen molar-refractivity contribution in [1.29, 1.82) is 0 Å². The van der Waals surface area contributed by atoms with Crippen LogP contribution in [0.4, 0.5) is 0 Å². The summed E-state index contributed by atoms with van der Waals surface area (Å²) in [4.78, 5) is 0. The van der Waals surface area contributed by atoms with Gasteiger partial charge < -0.3 is 9.47 Å². The Morgan fingerprint density at radius 2 is 1.54 bits per heavy atom. The molecule has 28 heavy (non-hydrogen) atoms. The van der Waals surface area contributed by atoms with Crippen LogP contribution in [0, 0.1) is 11.3 Å². The minimum Gasteiger partial charge on any atom is -0.465 e. The minimum absolute atomic E-state index is 0.160. The Labute approximate surface area is 173 Å². The summed E-state index contributed by atoms with van der Waals surface area (Å²) in [6.07, 6.45) is 15.9. The molecule has 0 radical (unpaired) electrons. The van der Waals surface area contributed by atoms with Crippen molar-refractivity contribution in [2.75, 3.05) is 0 Å². The summed E-state index contributed by atoms with van der Waals surface area (Å²) in [5.41, 5.74) is 1.57. The smallest absolute Gasteiger partial charge is 0.200 e. The first-order chi connectivity index (χ1) is 13.4.